The maximum absolute atomic E-state index is 13.7. The zero-order chi connectivity index (χ0) is 18.7. The molecule has 1 aromatic heterocycles. The van der Waals surface area contributed by atoms with Crippen molar-refractivity contribution in [3.63, 3.8) is 0 Å². The SMILES string of the molecule is Cc1ccc2c(c1)[C@@H]1CN(C)CC[C@@H]1N2C(=O)c1sc2ccccc2c1Cl. The molecule has 0 radical (unpaired) electrons. The van der Waals surface area contributed by atoms with Crippen molar-refractivity contribution in [3.8, 4) is 0 Å². The van der Waals surface area contributed by atoms with E-state index in [9.17, 15) is 4.79 Å². The molecule has 0 spiro atoms. The molecule has 1 amide bonds. The number of piperidine rings is 1. The van der Waals surface area contributed by atoms with Gasteiger partial charge in [-0.2, -0.15) is 0 Å². The summed E-state index contributed by atoms with van der Waals surface area (Å²) in [5.41, 5.74) is 3.61. The van der Waals surface area contributed by atoms with Gasteiger partial charge in [0.25, 0.3) is 5.91 Å². The van der Waals surface area contributed by atoms with Crippen LogP contribution in [0.3, 0.4) is 0 Å². The molecule has 138 valence electrons. The highest BCUT2D eigenvalue weighted by Crippen LogP contribution is 2.47. The van der Waals surface area contributed by atoms with E-state index in [-0.39, 0.29) is 11.9 Å². The summed E-state index contributed by atoms with van der Waals surface area (Å²) in [7, 11) is 2.17. The lowest BCUT2D eigenvalue weighted by Gasteiger charge is -2.36. The number of aryl methyl sites for hydroxylation is 1. The van der Waals surface area contributed by atoms with E-state index in [1.807, 2.05) is 29.2 Å². The fourth-order valence-electron chi connectivity index (χ4n) is 4.61. The molecule has 0 bridgehead atoms. The molecule has 27 heavy (non-hydrogen) atoms. The van der Waals surface area contributed by atoms with Crippen LogP contribution in [0.5, 0.6) is 0 Å². The molecule has 1 saturated heterocycles. The van der Waals surface area contributed by atoms with Crippen molar-refractivity contribution in [1.29, 1.82) is 0 Å². The molecule has 3 aromatic rings. The second-order valence-corrected chi connectivity index (χ2v) is 9.13. The van der Waals surface area contributed by atoms with Crippen LogP contribution >= 0.6 is 22.9 Å². The van der Waals surface area contributed by atoms with Gasteiger partial charge in [0, 0.05) is 34.3 Å². The van der Waals surface area contributed by atoms with E-state index in [0.717, 1.165) is 35.3 Å². The zero-order valence-corrected chi connectivity index (χ0v) is 17.0. The van der Waals surface area contributed by atoms with E-state index in [4.69, 9.17) is 11.6 Å². The van der Waals surface area contributed by atoms with E-state index >= 15 is 0 Å². The first-order valence-corrected chi connectivity index (χ1v) is 10.5. The van der Waals surface area contributed by atoms with Gasteiger partial charge in [0.15, 0.2) is 0 Å². The Kier molecular flexibility index (Phi) is 4.04. The highest BCUT2D eigenvalue weighted by Gasteiger charge is 2.44. The van der Waals surface area contributed by atoms with E-state index < -0.39 is 0 Å². The highest BCUT2D eigenvalue weighted by molar-refractivity contribution is 7.21. The van der Waals surface area contributed by atoms with E-state index in [1.54, 1.807) is 0 Å². The Bertz CT molecular complexity index is 1060. The summed E-state index contributed by atoms with van der Waals surface area (Å²) in [4.78, 5) is 18.7. The van der Waals surface area contributed by atoms with Crippen LogP contribution in [0.2, 0.25) is 5.02 Å². The lowest BCUT2D eigenvalue weighted by Crippen LogP contribution is -2.47. The predicted molar refractivity (Wildman–Crippen MR) is 113 cm³/mol. The van der Waals surface area contributed by atoms with Crippen LogP contribution in [0.4, 0.5) is 5.69 Å². The molecule has 3 heterocycles. The molecule has 0 saturated carbocycles. The molecule has 3 nitrogen and oxygen atoms in total. The number of halogens is 1. The Morgan fingerprint density at radius 2 is 2.04 bits per heavy atom. The Balaban J connectivity index is 1.63. The summed E-state index contributed by atoms with van der Waals surface area (Å²) in [6.07, 6.45) is 0.989. The average molecular weight is 397 g/mol. The molecule has 0 N–H and O–H groups in total. The minimum absolute atomic E-state index is 0.0448. The van der Waals surface area contributed by atoms with Gasteiger partial charge in [-0.3, -0.25) is 4.79 Å². The van der Waals surface area contributed by atoms with Gasteiger partial charge >= 0.3 is 0 Å². The van der Waals surface area contributed by atoms with Crippen LogP contribution in [0, 0.1) is 6.92 Å². The number of carbonyl (C=O) groups is 1. The standard InChI is InChI=1S/C22H21ClN2OS/c1-13-7-8-17-15(11-13)16-12-24(2)10-9-18(16)25(17)22(26)21-20(23)14-5-3-4-6-19(14)27-21/h3-8,11,16,18H,9-10,12H2,1-2H3/t16-,18-/m0/s1. The topological polar surface area (TPSA) is 23.6 Å². The van der Waals surface area contributed by atoms with Crippen LogP contribution in [-0.2, 0) is 0 Å². The first-order valence-electron chi connectivity index (χ1n) is 9.34. The number of carbonyl (C=O) groups excluding carboxylic acids is 1. The van der Waals surface area contributed by atoms with Crippen molar-refractivity contribution in [2.45, 2.75) is 25.3 Å². The molecule has 0 unspecified atom stereocenters. The first-order chi connectivity index (χ1) is 13.0. The minimum atomic E-state index is 0.0448. The molecule has 2 aliphatic heterocycles. The Labute approximate surface area is 168 Å². The number of rotatable bonds is 1. The fourth-order valence-corrected chi connectivity index (χ4v) is 6.06. The van der Waals surface area contributed by atoms with E-state index in [1.165, 1.54) is 22.5 Å². The van der Waals surface area contributed by atoms with E-state index in [2.05, 4.69) is 37.1 Å². The maximum Gasteiger partial charge on any atom is 0.270 e. The predicted octanol–water partition coefficient (Wildman–Crippen LogP) is 5.31. The molecule has 0 aliphatic carbocycles. The maximum atomic E-state index is 13.7. The van der Waals surface area contributed by atoms with Crippen LogP contribution in [0.25, 0.3) is 10.1 Å². The normalized spacial score (nSPS) is 22.1. The number of hydrogen-bond donors (Lipinski definition) is 0. The molecule has 5 rings (SSSR count). The van der Waals surface area contributed by atoms with Gasteiger partial charge in [0.05, 0.1) is 5.02 Å². The van der Waals surface area contributed by atoms with Crippen LogP contribution in [0.1, 0.15) is 33.1 Å². The third-order valence-electron chi connectivity index (χ3n) is 5.90. The second kappa shape index (κ2) is 6.33. The number of hydrogen-bond acceptors (Lipinski definition) is 3. The van der Waals surface area contributed by atoms with E-state index in [0.29, 0.717) is 15.8 Å². The minimum Gasteiger partial charge on any atom is -0.306 e. The summed E-state index contributed by atoms with van der Waals surface area (Å²) in [6.45, 7) is 4.12. The smallest absolute Gasteiger partial charge is 0.270 e. The van der Waals surface area contributed by atoms with Crippen molar-refractivity contribution in [1.82, 2.24) is 4.90 Å². The van der Waals surface area contributed by atoms with Crippen molar-refractivity contribution in [2.75, 3.05) is 25.0 Å². The molecule has 5 heteroatoms. The quantitative estimate of drug-likeness (QED) is 0.556. The van der Waals surface area contributed by atoms with Gasteiger partial charge in [0.1, 0.15) is 4.88 Å². The number of anilines is 1. The van der Waals surface area contributed by atoms with Gasteiger partial charge < -0.3 is 9.80 Å². The molecule has 2 atom stereocenters. The number of likely N-dealkylation sites (N-methyl/N-ethyl adjacent to an activating group) is 1. The number of benzene rings is 2. The van der Waals surface area contributed by atoms with Crippen molar-refractivity contribution in [2.24, 2.45) is 0 Å². The van der Waals surface area contributed by atoms with Gasteiger partial charge in [0.2, 0.25) is 0 Å². The van der Waals surface area contributed by atoms with Crippen LogP contribution in [-0.4, -0.2) is 37.0 Å². The Hall–Kier alpha value is -1.88. The summed E-state index contributed by atoms with van der Waals surface area (Å²) < 4.78 is 1.06. The lowest BCUT2D eigenvalue weighted by atomic mass is 9.89. The molecule has 2 aliphatic rings. The molecular formula is C22H21ClN2OS. The van der Waals surface area contributed by atoms with Gasteiger partial charge in [-0.05, 0) is 44.6 Å². The second-order valence-electron chi connectivity index (χ2n) is 7.70. The zero-order valence-electron chi connectivity index (χ0n) is 15.4. The van der Waals surface area contributed by atoms with Gasteiger partial charge in [-0.25, -0.2) is 0 Å². The Morgan fingerprint density at radius 1 is 1.22 bits per heavy atom. The first kappa shape index (κ1) is 17.2. The summed E-state index contributed by atoms with van der Waals surface area (Å²) >= 11 is 8.14. The summed E-state index contributed by atoms with van der Waals surface area (Å²) in [6, 6.07) is 14.7. The van der Waals surface area contributed by atoms with Crippen molar-refractivity contribution < 1.29 is 4.79 Å². The van der Waals surface area contributed by atoms with Crippen molar-refractivity contribution >= 4 is 44.6 Å². The third kappa shape index (κ3) is 2.62. The van der Waals surface area contributed by atoms with Gasteiger partial charge in [-0.15, -0.1) is 11.3 Å². The van der Waals surface area contributed by atoms with Crippen molar-refractivity contribution in [3.05, 3.63) is 63.5 Å². The summed E-state index contributed by atoms with van der Waals surface area (Å²) in [5, 5.41) is 1.56. The third-order valence-corrected chi connectivity index (χ3v) is 7.56. The highest BCUT2D eigenvalue weighted by atomic mass is 35.5. The van der Waals surface area contributed by atoms with Crippen LogP contribution < -0.4 is 4.90 Å². The number of nitrogens with zero attached hydrogens (tertiary/aromatic N) is 2. The van der Waals surface area contributed by atoms with Gasteiger partial charge in [-0.1, -0.05) is 47.5 Å². The Morgan fingerprint density at radius 3 is 2.85 bits per heavy atom. The molecule has 1 fully saturated rings. The fraction of sp³-hybridized carbons (Fsp3) is 0.318. The number of amides is 1. The monoisotopic (exact) mass is 396 g/mol. The largest absolute Gasteiger partial charge is 0.306 e. The number of fused-ring (bicyclic) bond motifs is 4. The van der Waals surface area contributed by atoms with Crippen LogP contribution in [0.15, 0.2) is 42.5 Å². The number of thiophene rings is 1. The molecule has 2 aromatic carbocycles. The lowest BCUT2D eigenvalue weighted by molar-refractivity contribution is 0.0969. The summed E-state index contributed by atoms with van der Waals surface area (Å²) in [5.74, 6) is 0.416. The number of likely N-dealkylation sites (tertiary alicyclic amines) is 1. The molecular weight excluding hydrogens is 376 g/mol. The average Bonchev–Trinajstić information content (AvgIpc) is 3.16.